The summed E-state index contributed by atoms with van der Waals surface area (Å²) in [4.78, 5) is 8.36. The van der Waals surface area contributed by atoms with Crippen LogP contribution in [0.1, 0.15) is 0 Å². The van der Waals surface area contributed by atoms with Gasteiger partial charge in [-0.05, 0) is 6.07 Å². The molecule has 78 valence electrons. The highest BCUT2D eigenvalue weighted by molar-refractivity contribution is 6.32. The van der Waals surface area contributed by atoms with E-state index in [-0.39, 0.29) is 0 Å². The average molecular weight is 230 g/mol. The van der Waals surface area contributed by atoms with Crippen LogP contribution in [0.15, 0.2) is 48.8 Å². The van der Waals surface area contributed by atoms with Crippen LogP contribution in [0.5, 0.6) is 0 Å². The summed E-state index contributed by atoms with van der Waals surface area (Å²) in [6, 6.07) is 11.8. The van der Waals surface area contributed by atoms with Gasteiger partial charge in [0.05, 0.1) is 5.69 Å². The van der Waals surface area contributed by atoms with Crippen LogP contribution in [0, 0.1) is 0 Å². The Morgan fingerprint density at radius 3 is 2.69 bits per heavy atom. The van der Waals surface area contributed by atoms with Gasteiger partial charge in [-0.15, -0.1) is 0 Å². The van der Waals surface area contributed by atoms with Crippen molar-refractivity contribution in [2.45, 2.75) is 0 Å². The SMILES string of the molecule is Clc1nc2ncccn2c1-c1ccccc1. The van der Waals surface area contributed by atoms with Crippen molar-refractivity contribution in [1.29, 1.82) is 0 Å². The van der Waals surface area contributed by atoms with Crippen LogP contribution in [0.3, 0.4) is 0 Å². The van der Waals surface area contributed by atoms with Gasteiger partial charge >= 0.3 is 0 Å². The Bertz CT molecular complexity index is 631. The van der Waals surface area contributed by atoms with E-state index in [1.165, 1.54) is 0 Å². The normalized spacial score (nSPS) is 10.8. The Morgan fingerprint density at radius 2 is 1.88 bits per heavy atom. The van der Waals surface area contributed by atoms with Crippen LogP contribution in [-0.4, -0.2) is 14.4 Å². The van der Waals surface area contributed by atoms with E-state index < -0.39 is 0 Å². The first-order valence-electron chi connectivity index (χ1n) is 4.90. The molecule has 16 heavy (non-hydrogen) atoms. The molecule has 0 aliphatic carbocycles. The van der Waals surface area contributed by atoms with Crippen molar-refractivity contribution < 1.29 is 0 Å². The van der Waals surface area contributed by atoms with Crippen molar-refractivity contribution in [2.75, 3.05) is 0 Å². The topological polar surface area (TPSA) is 30.2 Å². The van der Waals surface area contributed by atoms with E-state index in [0.717, 1.165) is 11.3 Å². The predicted molar refractivity (Wildman–Crippen MR) is 63.4 cm³/mol. The summed E-state index contributed by atoms with van der Waals surface area (Å²) in [7, 11) is 0. The number of nitrogens with zero attached hydrogens (tertiary/aromatic N) is 3. The van der Waals surface area contributed by atoms with Crippen LogP contribution < -0.4 is 0 Å². The standard InChI is InChI=1S/C12H8ClN3/c13-11-10(9-5-2-1-3-6-9)16-8-4-7-14-12(16)15-11/h1-8H. The molecule has 0 radical (unpaired) electrons. The van der Waals surface area contributed by atoms with Crippen LogP contribution >= 0.6 is 11.6 Å². The Hall–Kier alpha value is -1.87. The van der Waals surface area contributed by atoms with Gasteiger partial charge in [0, 0.05) is 18.0 Å². The van der Waals surface area contributed by atoms with Crippen molar-refractivity contribution in [2.24, 2.45) is 0 Å². The minimum atomic E-state index is 0.477. The molecule has 0 amide bonds. The Balaban J connectivity index is 2.35. The lowest BCUT2D eigenvalue weighted by Crippen LogP contribution is -1.89. The van der Waals surface area contributed by atoms with Crippen molar-refractivity contribution in [3.63, 3.8) is 0 Å². The van der Waals surface area contributed by atoms with Gasteiger partial charge in [0.15, 0.2) is 5.15 Å². The highest BCUT2D eigenvalue weighted by Gasteiger charge is 2.11. The fourth-order valence-corrected chi connectivity index (χ4v) is 1.99. The Kier molecular flexibility index (Phi) is 2.11. The molecular weight excluding hydrogens is 222 g/mol. The molecule has 0 atom stereocenters. The lowest BCUT2D eigenvalue weighted by molar-refractivity contribution is 1.11. The molecule has 0 unspecified atom stereocenters. The van der Waals surface area contributed by atoms with Gasteiger partial charge in [0.25, 0.3) is 0 Å². The molecule has 3 rings (SSSR count). The molecule has 0 bridgehead atoms. The Labute approximate surface area is 97.3 Å². The Morgan fingerprint density at radius 1 is 1.06 bits per heavy atom. The van der Waals surface area contributed by atoms with Gasteiger partial charge in [-0.2, -0.15) is 4.98 Å². The number of fused-ring (bicyclic) bond motifs is 1. The molecule has 0 aliphatic rings. The smallest absolute Gasteiger partial charge is 0.235 e. The molecule has 2 aromatic heterocycles. The summed E-state index contributed by atoms with van der Waals surface area (Å²) in [6.07, 6.45) is 3.61. The third-order valence-electron chi connectivity index (χ3n) is 2.41. The van der Waals surface area contributed by atoms with E-state index >= 15 is 0 Å². The van der Waals surface area contributed by atoms with E-state index in [1.807, 2.05) is 47.0 Å². The fraction of sp³-hybridized carbons (Fsp3) is 0. The molecular formula is C12H8ClN3. The van der Waals surface area contributed by atoms with Crippen LogP contribution in [0.4, 0.5) is 0 Å². The van der Waals surface area contributed by atoms with Crippen molar-refractivity contribution in [3.05, 3.63) is 53.9 Å². The summed E-state index contributed by atoms with van der Waals surface area (Å²) in [5, 5.41) is 0.477. The maximum absolute atomic E-state index is 6.13. The van der Waals surface area contributed by atoms with E-state index in [9.17, 15) is 0 Å². The largest absolute Gasteiger partial charge is 0.282 e. The summed E-state index contributed by atoms with van der Waals surface area (Å²) in [5.74, 6) is 0.617. The molecule has 0 saturated heterocycles. The molecule has 4 heteroatoms. The van der Waals surface area contributed by atoms with Gasteiger partial charge in [0.2, 0.25) is 5.78 Å². The first-order chi connectivity index (χ1) is 7.86. The van der Waals surface area contributed by atoms with Gasteiger partial charge in [-0.3, -0.25) is 4.40 Å². The zero-order valence-electron chi connectivity index (χ0n) is 8.34. The maximum atomic E-state index is 6.13. The number of rotatable bonds is 1. The van der Waals surface area contributed by atoms with Gasteiger partial charge in [0.1, 0.15) is 0 Å². The third kappa shape index (κ3) is 1.37. The van der Waals surface area contributed by atoms with Crippen molar-refractivity contribution in [3.8, 4) is 11.3 Å². The number of hydrogen-bond acceptors (Lipinski definition) is 2. The second-order valence-corrected chi connectivity index (χ2v) is 3.76. The molecule has 3 nitrogen and oxygen atoms in total. The summed E-state index contributed by atoms with van der Waals surface area (Å²) >= 11 is 6.13. The second kappa shape index (κ2) is 3.61. The highest BCUT2D eigenvalue weighted by atomic mass is 35.5. The zero-order chi connectivity index (χ0) is 11.0. The number of imidazole rings is 1. The molecule has 0 aliphatic heterocycles. The van der Waals surface area contributed by atoms with E-state index in [1.54, 1.807) is 6.20 Å². The molecule has 3 aromatic rings. The van der Waals surface area contributed by atoms with Gasteiger partial charge in [-0.1, -0.05) is 41.9 Å². The van der Waals surface area contributed by atoms with Crippen LogP contribution in [0.2, 0.25) is 5.15 Å². The van der Waals surface area contributed by atoms with Crippen LogP contribution in [0.25, 0.3) is 17.0 Å². The quantitative estimate of drug-likeness (QED) is 0.642. The fourth-order valence-electron chi connectivity index (χ4n) is 1.71. The minimum absolute atomic E-state index is 0.477. The molecule has 0 spiro atoms. The zero-order valence-corrected chi connectivity index (χ0v) is 9.09. The average Bonchev–Trinajstić information content (AvgIpc) is 2.66. The molecule has 0 fully saturated rings. The van der Waals surface area contributed by atoms with Gasteiger partial charge < -0.3 is 0 Å². The lowest BCUT2D eigenvalue weighted by Gasteiger charge is -2.00. The van der Waals surface area contributed by atoms with E-state index in [4.69, 9.17) is 11.6 Å². The summed E-state index contributed by atoms with van der Waals surface area (Å²) in [5.41, 5.74) is 1.92. The van der Waals surface area contributed by atoms with E-state index in [2.05, 4.69) is 9.97 Å². The summed E-state index contributed by atoms with van der Waals surface area (Å²) < 4.78 is 1.89. The molecule has 0 saturated carbocycles. The molecule has 1 aromatic carbocycles. The summed E-state index contributed by atoms with van der Waals surface area (Å²) in [6.45, 7) is 0. The number of benzene rings is 1. The number of halogens is 1. The predicted octanol–water partition coefficient (Wildman–Crippen LogP) is 3.05. The number of aromatic nitrogens is 3. The van der Waals surface area contributed by atoms with Gasteiger partial charge in [-0.25, -0.2) is 4.98 Å². The maximum Gasteiger partial charge on any atom is 0.235 e. The highest BCUT2D eigenvalue weighted by Crippen LogP contribution is 2.27. The van der Waals surface area contributed by atoms with Crippen molar-refractivity contribution in [1.82, 2.24) is 14.4 Å². The number of hydrogen-bond donors (Lipinski definition) is 0. The second-order valence-electron chi connectivity index (χ2n) is 3.41. The van der Waals surface area contributed by atoms with E-state index in [0.29, 0.717) is 10.9 Å². The molecule has 0 N–H and O–H groups in total. The van der Waals surface area contributed by atoms with Crippen molar-refractivity contribution >= 4 is 17.4 Å². The monoisotopic (exact) mass is 229 g/mol. The third-order valence-corrected chi connectivity index (χ3v) is 2.67. The van der Waals surface area contributed by atoms with Crippen LogP contribution in [-0.2, 0) is 0 Å². The lowest BCUT2D eigenvalue weighted by atomic mass is 10.2. The minimum Gasteiger partial charge on any atom is -0.282 e. The molecule has 2 heterocycles. The first-order valence-corrected chi connectivity index (χ1v) is 5.28. The first kappa shape index (κ1) is 9.36.